The summed E-state index contributed by atoms with van der Waals surface area (Å²) in [5, 5.41) is 17.9. The minimum Gasteiger partial charge on any atom is -0.395 e. The van der Waals surface area contributed by atoms with Crippen LogP contribution < -0.4 is 0 Å². The van der Waals surface area contributed by atoms with Gasteiger partial charge in [0.05, 0.1) is 13.2 Å². The van der Waals surface area contributed by atoms with Crippen molar-refractivity contribution in [2.24, 2.45) is 29.6 Å². The summed E-state index contributed by atoms with van der Waals surface area (Å²) in [6.45, 7) is 0.705. The Balaban J connectivity index is 1.63. The molecule has 4 nitrogen and oxygen atoms in total. The molecule has 0 aromatic rings. The predicted molar refractivity (Wildman–Crippen MR) is 62.1 cm³/mol. The number of rotatable bonds is 5. The van der Waals surface area contributed by atoms with E-state index in [4.69, 9.17) is 10.2 Å². The number of aliphatic hydroxyl groups excluding tert-OH is 2. The summed E-state index contributed by atoms with van der Waals surface area (Å²) in [6.07, 6.45) is 3.98. The highest BCUT2D eigenvalue weighted by atomic mass is 16.3. The Bertz CT molecular complexity index is 298. The van der Waals surface area contributed by atoms with Crippen molar-refractivity contribution in [1.29, 1.82) is 0 Å². The van der Waals surface area contributed by atoms with Crippen molar-refractivity contribution in [2.45, 2.75) is 19.3 Å². The summed E-state index contributed by atoms with van der Waals surface area (Å²) in [4.78, 5) is 14.0. The van der Waals surface area contributed by atoms with Crippen LogP contribution in [0.5, 0.6) is 0 Å². The highest BCUT2D eigenvalue weighted by Gasteiger charge is 2.67. The molecule has 3 rings (SSSR count). The lowest BCUT2D eigenvalue weighted by atomic mass is 10.0. The fourth-order valence-electron chi connectivity index (χ4n) is 4.44. The lowest BCUT2D eigenvalue weighted by Crippen LogP contribution is -2.38. The molecule has 0 heterocycles. The Morgan fingerprint density at radius 1 is 1.06 bits per heavy atom. The second-order valence-electron chi connectivity index (χ2n) is 5.79. The molecule has 96 valence electrons. The third-order valence-corrected chi connectivity index (χ3v) is 5.07. The molecule has 2 bridgehead atoms. The van der Waals surface area contributed by atoms with Crippen LogP contribution in [0.4, 0.5) is 0 Å². The third-order valence-electron chi connectivity index (χ3n) is 5.07. The molecule has 4 heteroatoms. The first kappa shape index (κ1) is 11.5. The minimum absolute atomic E-state index is 0.0132. The highest BCUT2D eigenvalue weighted by molar-refractivity contribution is 5.83. The molecule has 3 aliphatic carbocycles. The lowest BCUT2D eigenvalue weighted by molar-refractivity contribution is -0.134. The molecule has 3 aliphatic rings. The Morgan fingerprint density at radius 2 is 1.59 bits per heavy atom. The van der Waals surface area contributed by atoms with Crippen LogP contribution in [0.25, 0.3) is 0 Å². The number of aliphatic hydroxyl groups is 2. The fraction of sp³-hybridized carbons (Fsp3) is 0.923. The molecule has 0 aromatic heterocycles. The first-order valence-corrected chi connectivity index (χ1v) is 6.78. The molecular weight excluding hydrogens is 218 g/mol. The smallest absolute Gasteiger partial charge is 0.226 e. The van der Waals surface area contributed by atoms with Crippen LogP contribution in [0.2, 0.25) is 0 Å². The number of carbonyl (C=O) groups is 1. The Morgan fingerprint density at radius 3 is 2.06 bits per heavy atom. The number of hydrogen-bond donors (Lipinski definition) is 2. The van der Waals surface area contributed by atoms with Crippen LogP contribution in [0.1, 0.15) is 19.3 Å². The van der Waals surface area contributed by atoms with Crippen LogP contribution in [0.15, 0.2) is 0 Å². The molecule has 3 fully saturated rings. The number of fused-ring (bicyclic) bond motifs is 5. The number of nitrogens with zero attached hydrogens (tertiary/aromatic N) is 1. The van der Waals surface area contributed by atoms with Crippen molar-refractivity contribution in [3.63, 3.8) is 0 Å². The van der Waals surface area contributed by atoms with Crippen molar-refractivity contribution in [3.8, 4) is 0 Å². The Hall–Kier alpha value is -0.610. The second kappa shape index (κ2) is 4.25. The van der Waals surface area contributed by atoms with E-state index in [1.54, 1.807) is 4.90 Å². The van der Waals surface area contributed by atoms with Crippen LogP contribution in [0.3, 0.4) is 0 Å². The van der Waals surface area contributed by atoms with Crippen LogP contribution in [-0.4, -0.2) is 47.3 Å². The van der Waals surface area contributed by atoms with E-state index in [9.17, 15) is 4.79 Å². The van der Waals surface area contributed by atoms with Crippen LogP contribution >= 0.6 is 0 Å². The Kier molecular flexibility index (Phi) is 2.87. The van der Waals surface area contributed by atoms with Crippen molar-refractivity contribution in [1.82, 2.24) is 4.90 Å². The van der Waals surface area contributed by atoms with E-state index in [2.05, 4.69) is 0 Å². The maximum atomic E-state index is 12.3. The van der Waals surface area contributed by atoms with E-state index in [0.717, 1.165) is 11.8 Å². The molecule has 17 heavy (non-hydrogen) atoms. The van der Waals surface area contributed by atoms with E-state index in [1.807, 2.05) is 0 Å². The normalized spacial score (nSPS) is 41.4. The molecule has 4 unspecified atom stereocenters. The van der Waals surface area contributed by atoms with Gasteiger partial charge in [0.1, 0.15) is 0 Å². The molecule has 0 saturated heterocycles. The molecule has 3 saturated carbocycles. The quantitative estimate of drug-likeness (QED) is 0.715. The maximum Gasteiger partial charge on any atom is 0.226 e. The van der Waals surface area contributed by atoms with Gasteiger partial charge < -0.3 is 15.1 Å². The second-order valence-corrected chi connectivity index (χ2v) is 5.79. The average molecular weight is 239 g/mol. The first-order chi connectivity index (χ1) is 8.27. The summed E-state index contributed by atoms with van der Waals surface area (Å²) in [6, 6.07) is 0. The summed E-state index contributed by atoms with van der Waals surface area (Å²) < 4.78 is 0. The topological polar surface area (TPSA) is 60.8 Å². The van der Waals surface area contributed by atoms with E-state index in [-0.39, 0.29) is 25.0 Å². The minimum atomic E-state index is -0.0132. The monoisotopic (exact) mass is 239 g/mol. The van der Waals surface area contributed by atoms with E-state index >= 15 is 0 Å². The zero-order valence-corrected chi connectivity index (χ0v) is 10.1. The number of amides is 1. The van der Waals surface area contributed by atoms with Gasteiger partial charge in [0.15, 0.2) is 0 Å². The molecule has 0 radical (unpaired) electrons. The van der Waals surface area contributed by atoms with Crippen molar-refractivity contribution < 1.29 is 15.0 Å². The molecular formula is C13H21NO3. The summed E-state index contributed by atoms with van der Waals surface area (Å²) >= 11 is 0. The van der Waals surface area contributed by atoms with Crippen molar-refractivity contribution >= 4 is 5.91 Å². The molecule has 1 amide bonds. The van der Waals surface area contributed by atoms with E-state index < -0.39 is 0 Å². The van der Waals surface area contributed by atoms with E-state index in [0.29, 0.717) is 24.9 Å². The van der Waals surface area contributed by atoms with Gasteiger partial charge in [-0.15, -0.1) is 0 Å². The third kappa shape index (κ3) is 1.69. The summed E-state index contributed by atoms with van der Waals surface area (Å²) in [5.74, 6) is 3.27. The van der Waals surface area contributed by atoms with Gasteiger partial charge in [-0.1, -0.05) is 0 Å². The highest BCUT2D eigenvalue weighted by Crippen LogP contribution is 2.69. The predicted octanol–water partition coefficient (Wildman–Crippen LogP) is 0.0917. The van der Waals surface area contributed by atoms with Gasteiger partial charge in [0.25, 0.3) is 0 Å². The number of carbonyl (C=O) groups excluding carboxylic acids is 1. The maximum absolute atomic E-state index is 12.3. The zero-order valence-electron chi connectivity index (χ0n) is 10.1. The molecule has 2 N–H and O–H groups in total. The Labute approximate surface area is 102 Å². The van der Waals surface area contributed by atoms with Gasteiger partial charge in [-0.3, -0.25) is 4.79 Å². The number of hydrogen-bond acceptors (Lipinski definition) is 3. The van der Waals surface area contributed by atoms with Crippen molar-refractivity contribution in [3.05, 3.63) is 0 Å². The molecule has 0 aliphatic heterocycles. The van der Waals surface area contributed by atoms with Crippen LogP contribution in [0, 0.1) is 29.6 Å². The SMILES string of the molecule is O=C(C1C2C3CCC(C3)C12)N(CCO)CCO. The molecule has 0 aromatic carbocycles. The van der Waals surface area contributed by atoms with Gasteiger partial charge in [0.2, 0.25) is 5.91 Å². The standard InChI is InChI=1S/C13H21NO3/c15-5-3-14(4-6-16)13(17)12-10-8-1-2-9(7-8)11(10)12/h8-12,15-16H,1-7H2. The van der Waals surface area contributed by atoms with E-state index in [1.165, 1.54) is 19.3 Å². The first-order valence-electron chi connectivity index (χ1n) is 6.78. The van der Waals surface area contributed by atoms with Gasteiger partial charge in [-0.05, 0) is 42.9 Å². The van der Waals surface area contributed by atoms with Crippen molar-refractivity contribution in [2.75, 3.05) is 26.3 Å². The molecule has 0 spiro atoms. The molecule has 4 atom stereocenters. The van der Waals surface area contributed by atoms with Crippen LogP contribution in [-0.2, 0) is 4.79 Å². The average Bonchev–Trinajstić information content (AvgIpc) is 2.76. The summed E-state index contributed by atoms with van der Waals surface area (Å²) in [7, 11) is 0. The van der Waals surface area contributed by atoms with Gasteiger partial charge in [0, 0.05) is 19.0 Å². The summed E-state index contributed by atoms with van der Waals surface area (Å²) in [5.41, 5.74) is 0. The fourth-order valence-corrected chi connectivity index (χ4v) is 4.44. The van der Waals surface area contributed by atoms with Gasteiger partial charge in [-0.2, -0.15) is 0 Å². The van der Waals surface area contributed by atoms with Gasteiger partial charge >= 0.3 is 0 Å². The van der Waals surface area contributed by atoms with Gasteiger partial charge in [-0.25, -0.2) is 0 Å². The largest absolute Gasteiger partial charge is 0.395 e. The zero-order chi connectivity index (χ0) is 12.0. The lowest BCUT2D eigenvalue weighted by Gasteiger charge is -2.22.